The van der Waals surface area contributed by atoms with Crippen LogP contribution in [0.3, 0.4) is 0 Å². The fourth-order valence-corrected chi connectivity index (χ4v) is 2.39. The minimum absolute atomic E-state index is 0.326. The van der Waals surface area contributed by atoms with E-state index >= 15 is 0 Å². The highest BCUT2D eigenvalue weighted by Crippen LogP contribution is 2.21. The molecule has 114 valence electrons. The Balaban J connectivity index is 1.65. The third kappa shape index (κ3) is 2.42. The Morgan fingerprint density at radius 2 is 2.04 bits per heavy atom. The number of anilines is 1. The van der Waals surface area contributed by atoms with E-state index < -0.39 is 0 Å². The summed E-state index contributed by atoms with van der Waals surface area (Å²) in [4.78, 5) is 7.63. The second-order valence-corrected chi connectivity index (χ2v) is 5.22. The van der Waals surface area contributed by atoms with Crippen molar-refractivity contribution in [1.29, 1.82) is 0 Å². The number of aryl methyl sites for hydroxylation is 1. The molecule has 0 atom stereocenters. The molecule has 3 aromatic heterocycles. The van der Waals surface area contributed by atoms with E-state index in [2.05, 4.69) is 30.7 Å². The number of nitrogens with one attached hydrogen (secondary N) is 2. The molecule has 4 aromatic rings. The standard InChI is InChI=1S/C16H14N6O/c1-9-7-8-13(23-9)10(2)19-21-16-18-15-14(20-22-16)11-5-3-4-6-12(11)17-15/h3-8H,1-2H3,(H2,17,18,21,22)/b19-10-. The number of aromatic amines is 1. The SMILES string of the molecule is C/C(=N/Nc1nnc2c(n1)[nH]c1ccccc12)c1ccc(C)o1. The summed E-state index contributed by atoms with van der Waals surface area (Å²) in [7, 11) is 0. The van der Waals surface area contributed by atoms with Crippen molar-refractivity contribution in [3.63, 3.8) is 0 Å². The van der Waals surface area contributed by atoms with Crippen molar-refractivity contribution in [3.05, 3.63) is 47.9 Å². The van der Waals surface area contributed by atoms with Crippen LogP contribution in [-0.4, -0.2) is 25.9 Å². The summed E-state index contributed by atoms with van der Waals surface area (Å²) in [6.45, 7) is 3.74. The molecule has 0 fully saturated rings. The molecule has 3 heterocycles. The van der Waals surface area contributed by atoms with Crippen molar-refractivity contribution in [2.45, 2.75) is 13.8 Å². The number of H-pyrrole nitrogens is 1. The lowest BCUT2D eigenvalue weighted by molar-refractivity contribution is 0.525. The number of hydrogen-bond acceptors (Lipinski definition) is 6. The summed E-state index contributed by atoms with van der Waals surface area (Å²) in [5, 5.41) is 13.5. The summed E-state index contributed by atoms with van der Waals surface area (Å²) in [5.74, 6) is 1.87. The van der Waals surface area contributed by atoms with Crippen LogP contribution in [0.2, 0.25) is 0 Å². The van der Waals surface area contributed by atoms with Gasteiger partial charge in [0.25, 0.3) is 5.95 Å². The van der Waals surface area contributed by atoms with Gasteiger partial charge < -0.3 is 9.40 Å². The number of nitrogens with zero attached hydrogens (tertiary/aromatic N) is 4. The van der Waals surface area contributed by atoms with Gasteiger partial charge in [0.15, 0.2) is 5.65 Å². The molecule has 23 heavy (non-hydrogen) atoms. The smallest absolute Gasteiger partial charge is 0.265 e. The number of benzene rings is 1. The zero-order chi connectivity index (χ0) is 15.8. The number of hydrogen-bond donors (Lipinski definition) is 2. The molecule has 1 aromatic carbocycles. The molecule has 4 rings (SSSR count). The van der Waals surface area contributed by atoms with Crippen molar-refractivity contribution >= 4 is 33.7 Å². The van der Waals surface area contributed by atoms with E-state index in [-0.39, 0.29) is 0 Å². The van der Waals surface area contributed by atoms with Crippen LogP contribution in [0.15, 0.2) is 45.9 Å². The van der Waals surface area contributed by atoms with Gasteiger partial charge in [-0.05, 0) is 32.0 Å². The summed E-state index contributed by atoms with van der Waals surface area (Å²) in [5.41, 5.74) is 5.91. The highest BCUT2D eigenvalue weighted by molar-refractivity contribution is 6.03. The fourth-order valence-electron chi connectivity index (χ4n) is 2.39. The van der Waals surface area contributed by atoms with Gasteiger partial charge in [-0.15, -0.1) is 10.2 Å². The van der Waals surface area contributed by atoms with E-state index in [1.807, 2.05) is 50.2 Å². The van der Waals surface area contributed by atoms with Crippen LogP contribution in [0, 0.1) is 6.92 Å². The van der Waals surface area contributed by atoms with Crippen LogP contribution in [0.1, 0.15) is 18.4 Å². The van der Waals surface area contributed by atoms with Crippen molar-refractivity contribution in [2.75, 3.05) is 5.43 Å². The molecule has 0 spiro atoms. The molecule has 0 saturated carbocycles. The molecule has 2 N–H and O–H groups in total. The molecule has 0 aliphatic heterocycles. The zero-order valence-electron chi connectivity index (χ0n) is 12.7. The van der Waals surface area contributed by atoms with Crippen molar-refractivity contribution < 1.29 is 4.42 Å². The second-order valence-electron chi connectivity index (χ2n) is 5.22. The Hall–Kier alpha value is -3.22. The summed E-state index contributed by atoms with van der Waals surface area (Å²) in [6, 6.07) is 11.6. The number of hydrazone groups is 1. The number of furan rings is 1. The average molecular weight is 306 g/mol. The van der Waals surface area contributed by atoms with Gasteiger partial charge in [0.2, 0.25) is 0 Å². The summed E-state index contributed by atoms with van der Waals surface area (Å²) in [6.07, 6.45) is 0. The first-order valence-corrected chi connectivity index (χ1v) is 7.19. The van der Waals surface area contributed by atoms with E-state index in [1.165, 1.54) is 0 Å². The third-order valence-corrected chi connectivity index (χ3v) is 3.54. The monoisotopic (exact) mass is 306 g/mol. The van der Waals surface area contributed by atoms with Gasteiger partial charge in [0.1, 0.15) is 22.7 Å². The quantitative estimate of drug-likeness (QED) is 0.448. The molecule has 0 aliphatic rings. The lowest BCUT2D eigenvalue weighted by Gasteiger charge is -1.99. The Labute approximate surface area is 131 Å². The number of aromatic nitrogens is 4. The minimum Gasteiger partial charge on any atom is -0.460 e. The first kappa shape index (κ1) is 13.4. The molecule has 0 radical (unpaired) electrons. The molecular formula is C16H14N6O. The maximum Gasteiger partial charge on any atom is 0.265 e. The zero-order valence-corrected chi connectivity index (χ0v) is 12.7. The normalized spacial score (nSPS) is 12.2. The van der Waals surface area contributed by atoms with E-state index in [4.69, 9.17) is 4.42 Å². The van der Waals surface area contributed by atoms with Crippen LogP contribution in [0.25, 0.3) is 22.1 Å². The number of para-hydroxylation sites is 1. The van der Waals surface area contributed by atoms with Gasteiger partial charge in [-0.1, -0.05) is 18.2 Å². The summed E-state index contributed by atoms with van der Waals surface area (Å²) < 4.78 is 5.51. The van der Waals surface area contributed by atoms with Crippen LogP contribution < -0.4 is 5.43 Å². The summed E-state index contributed by atoms with van der Waals surface area (Å²) >= 11 is 0. The Kier molecular flexibility index (Phi) is 3.04. The predicted octanol–water partition coefficient (Wildman–Crippen LogP) is 3.24. The molecule has 0 aliphatic carbocycles. The van der Waals surface area contributed by atoms with Gasteiger partial charge in [-0.3, -0.25) is 0 Å². The topological polar surface area (TPSA) is 92.0 Å². The first-order valence-electron chi connectivity index (χ1n) is 7.19. The van der Waals surface area contributed by atoms with Crippen molar-refractivity contribution in [1.82, 2.24) is 20.2 Å². The molecule has 7 heteroatoms. The van der Waals surface area contributed by atoms with Gasteiger partial charge in [0, 0.05) is 10.9 Å². The van der Waals surface area contributed by atoms with E-state index in [0.29, 0.717) is 23.1 Å². The van der Waals surface area contributed by atoms with Crippen LogP contribution >= 0.6 is 0 Å². The maximum atomic E-state index is 5.51. The molecule has 0 bridgehead atoms. The van der Waals surface area contributed by atoms with Gasteiger partial charge in [0.05, 0.1) is 0 Å². The maximum absolute atomic E-state index is 5.51. The molecule has 7 nitrogen and oxygen atoms in total. The fraction of sp³-hybridized carbons (Fsp3) is 0.125. The van der Waals surface area contributed by atoms with Gasteiger partial charge >= 0.3 is 0 Å². The van der Waals surface area contributed by atoms with Crippen LogP contribution in [0.5, 0.6) is 0 Å². The second kappa shape index (κ2) is 5.20. The first-order chi connectivity index (χ1) is 11.2. The van der Waals surface area contributed by atoms with Crippen LogP contribution in [-0.2, 0) is 0 Å². The average Bonchev–Trinajstić information content (AvgIpc) is 3.15. The van der Waals surface area contributed by atoms with E-state index in [1.54, 1.807) is 0 Å². The minimum atomic E-state index is 0.326. The van der Waals surface area contributed by atoms with E-state index in [9.17, 15) is 0 Å². The Bertz CT molecular complexity index is 1030. The molecule has 0 saturated heterocycles. The van der Waals surface area contributed by atoms with Gasteiger partial charge in [-0.2, -0.15) is 10.1 Å². The van der Waals surface area contributed by atoms with Crippen LogP contribution in [0.4, 0.5) is 5.95 Å². The molecule has 0 unspecified atom stereocenters. The molecule has 0 amide bonds. The largest absolute Gasteiger partial charge is 0.460 e. The van der Waals surface area contributed by atoms with Gasteiger partial charge in [-0.25, -0.2) is 5.43 Å². The highest BCUT2D eigenvalue weighted by Gasteiger charge is 2.08. The lowest BCUT2D eigenvalue weighted by atomic mass is 10.2. The van der Waals surface area contributed by atoms with E-state index in [0.717, 1.165) is 22.2 Å². The Morgan fingerprint density at radius 3 is 2.87 bits per heavy atom. The number of fused-ring (bicyclic) bond motifs is 3. The third-order valence-electron chi connectivity index (χ3n) is 3.54. The highest BCUT2D eigenvalue weighted by atomic mass is 16.3. The lowest BCUT2D eigenvalue weighted by Crippen LogP contribution is -2.02. The number of rotatable bonds is 3. The predicted molar refractivity (Wildman–Crippen MR) is 88.5 cm³/mol. The van der Waals surface area contributed by atoms with Crippen molar-refractivity contribution in [3.8, 4) is 0 Å². The Morgan fingerprint density at radius 1 is 1.17 bits per heavy atom. The molecular weight excluding hydrogens is 292 g/mol. The van der Waals surface area contributed by atoms with Crippen molar-refractivity contribution in [2.24, 2.45) is 5.10 Å².